The molecule has 4 saturated carbocycles. The van der Waals surface area contributed by atoms with Crippen LogP contribution in [0.15, 0.2) is 0 Å². The Bertz CT molecular complexity index is 747. The minimum Gasteiger partial charge on any atom is -0.393 e. The van der Waals surface area contributed by atoms with Gasteiger partial charge in [-0.25, -0.2) is 0 Å². The zero-order valence-corrected chi connectivity index (χ0v) is 27.2. The first-order valence-electron chi connectivity index (χ1n) is 17.7. The Balaban J connectivity index is 1.24. The summed E-state index contributed by atoms with van der Waals surface area (Å²) in [5.74, 6) is 5.24. The van der Waals surface area contributed by atoms with Gasteiger partial charge in [0.2, 0.25) is 0 Å². The number of nitrogens with two attached hydrogens (primary N) is 1. The maximum atomic E-state index is 11.8. The van der Waals surface area contributed by atoms with Gasteiger partial charge in [0, 0.05) is 19.1 Å². The van der Waals surface area contributed by atoms with Gasteiger partial charge in [0.05, 0.1) is 6.10 Å². The van der Waals surface area contributed by atoms with Crippen LogP contribution in [0.2, 0.25) is 0 Å². The van der Waals surface area contributed by atoms with Crippen LogP contribution in [0.25, 0.3) is 0 Å². The molecule has 0 aliphatic heterocycles. The van der Waals surface area contributed by atoms with Crippen LogP contribution in [-0.2, 0) is 0 Å². The van der Waals surface area contributed by atoms with E-state index in [0.717, 1.165) is 81.7 Å². The number of nitrogens with one attached hydrogen (secondary N) is 3. The average Bonchev–Trinajstić information content (AvgIpc) is 3.27. The molecule has 0 aromatic rings. The first kappa shape index (κ1) is 32.7. The van der Waals surface area contributed by atoms with Crippen molar-refractivity contribution in [1.82, 2.24) is 16.0 Å². The van der Waals surface area contributed by atoms with Crippen molar-refractivity contribution in [1.29, 1.82) is 0 Å². The molecule has 0 bridgehead atoms. The lowest BCUT2D eigenvalue weighted by molar-refractivity contribution is -0.167. The van der Waals surface area contributed by atoms with Gasteiger partial charge in [0.1, 0.15) is 0 Å². The SMILES string of the molecule is CC(C)CCC[C@@H](C)[C@H]1CCC2C3C(CC[C@@]21C)[C@@]1(C)CC[C@@H](NCCCNCCNCCCN)C[C@@H]1C[C@H]3O. The second-order valence-electron chi connectivity index (χ2n) is 15.7. The second-order valence-corrected chi connectivity index (χ2v) is 15.7. The lowest BCUT2D eigenvalue weighted by atomic mass is 9.43. The molecule has 0 saturated heterocycles. The summed E-state index contributed by atoms with van der Waals surface area (Å²) in [6, 6.07) is 0.635. The lowest BCUT2D eigenvalue weighted by Crippen LogP contribution is -2.59. The molecule has 4 aliphatic carbocycles. The van der Waals surface area contributed by atoms with Crippen molar-refractivity contribution in [2.24, 2.45) is 58.0 Å². The van der Waals surface area contributed by atoms with Crippen LogP contribution in [0.5, 0.6) is 0 Å². The fraction of sp³-hybridized carbons (Fsp3) is 1.00. The smallest absolute Gasteiger partial charge is 0.0577 e. The highest BCUT2D eigenvalue weighted by Crippen LogP contribution is 2.68. The molecule has 0 aromatic heterocycles. The number of rotatable bonds is 16. The van der Waals surface area contributed by atoms with Gasteiger partial charge < -0.3 is 26.8 Å². The fourth-order valence-electron chi connectivity index (χ4n) is 10.6. The molecule has 5 heteroatoms. The molecule has 4 rings (SSSR count). The van der Waals surface area contributed by atoms with Crippen LogP contribution >= 0.6 is 0 Å². The number of aliphatic hydroxyl groups excluding tert-OH is 1. The third kappa shape index (κ3) is 7.47. The van der Waals surface area contributed by atoms with Gasteiger partial charge in [-0.1, -0.05) is 53.9 Å². The Morgan fingerprint density at radius 3 is 2.20 bits per heavy atom. The van der Waals surface area contributed by atoms with Crippen molar-refractivity contribution in [3.05, 3.63) is 0 Å². The van der Waals surface area contributed by atoms with E-state index in [9.17, 15) is 5.11 Å². The van der Waals surface area contributed by atoms with Crippen molar-refractivity contribution in [2.45, 2.75) is 130 Å². The van der Waals surface area contributed by atoms with E-state index < -0.39 is 0 Å². The number of hydrogen-bond acceptors (Lipinski definition) is 5. The van der Waals surface area contributed by atoms with Crippen molar-refractivity contribution in [2.75, 3.05) is 39.3 Å². The zero-order valence-electron chi connectivity index (χ0n) is 27.2. The van der Waals surface area contributed by atoms with Gasteiger partial charge >= 0.3 is 0 Å². The van der Waals surface area contributed by atoms with Crippen LogP contribution in [0.1, 0.15) is 118 Å². The summed E-state index contributed by atoms with van der Waals surface area (Å²) >= 11 is 0. The quantitative estimate of drug-likeness (QED) is 0.151. The first-order valence-corrected chi connectivity index (χ1v) is 17.7. The molecule has 6 N–H and O–H groups in total. The molecule has 0 amide bonds. The van der Waals surface area contributed by atoms with Gasteiger partial charge in [0.15, 0.2) is 0 Å². The van der Waals surface area contributed by atoms with E-state index in [-0.39, 0.29) is 6.10 Å². The molecule has 40 heavy (non-hydrogen) atoms. The van der Waals surface area contributed by atoms with Crippen LogP contribution < -0.4 is 21.7 Å². The van der Waals surface area contributed by atoms with Crippen LogP contribution in [0, 0.1) is 52.3 Å². The highest BCUT2D eigenvalue weighted by atomic mass is 16.3. The van der Waals surface area contributed by atoms with E-state index in [1.807, 2.05) is 0 Å². The van der Waals surface area contributed by atoms with Gasteiger partial charge in [-0.2, -0.15) is 0 Å². The van der Waals surface area contributed by atoms with Crippen molar-refractivity contribution >= 4 is 0 Å². The molecule has 0 spiro atoms. The minimum atomic E-state index is -0.0795. The standard InChI is InChI=1S/C35H68N4O/c1-25(2)9-6-10-26(3)29-11-12-30-33-31(14-16-35(29,30)5)34(4)15-13-28(23-27(34)24-32(33)40)39-20-8-19-38-22-21-37-18-7-17-36/h25-33,37-40H,6-24,36H2,1-5H3/t26-,27-,28-,29-,30?,31?,32-,33?,34+,35-/m1/s1. The van der Waals surface area contributed by atoms with Gasteiger partial charge in [-0.05, 0) is 143 Å². The van der Waals surface area contributed by atoms with Crippen LogP contribution in [0.3, 0.4) is 0 Å². The summed E-state index contributed by atoms with van der Waals surface area (Å²) in [5, 5.41) is 22.7. The molecule has 0 heterocycles. The van der Waals surface area contributed by atoms with Gasteiger partial charge in [0.25, 0.3) is 0 Å². The molecule has 0 aromatic carbocycles. The Morgan fingerprint density at radius 2 is 1.48 bits per heavy atom. The Morgan fingerprint density at radius 1 is 0.775 bits per heavy atom. The summed E-state index contributed by atoms with van der Waals surface area (Å²) in [4.78, 5) is 0. The summed E-state index contributed by atoms with van der Waals surface area (Å²) in [7, 11) is 0. The number of aliphatic hydroxyl groups is 1. The van der Waals surface area contributed by atoms with E-state index in [2.05, 4.69) is 50.6 Å². The molecule has 4 aliphatic rings. The second kappa shape index (κ2) is 15.0. The summed E-state index contributed by atoms with van der Waals surface area (Å²) in [5.41, 5.74) is 6.43. The predicted octanol–water partition coefficient (Wildman–Crippen LogP) is 5.95. The molecule has 4 fully saturated rings. The topological polar surface area (TPSA) is 82.3 Å². The van der Waals surface area contributed by atoms with Crippen molar-refractivity contribution in [3.8, 4) is 0 Å². The van der Waals surface area contributed by atoms with E-state index >= 15 is 0 Å². The molecule has 5 nitrogen and oxygen atoms in total. The summed E-state index contributed by atoms with van der Waals surface area (Å²) < 4.78 is 0. The lowest BCUT2D eigenvalue weighted by Gasteiger charge is -2.62. The maximum Gasteiger partial charge on any atom is 0.0577 e. The van der Waals surface area contributed by atoms with Gasteiger partial charge in [-0.3, -0.25) is 0 Å². The summed E-state index contributed by atoms with van der Waals surface area (Å²) in [6.45, 7) is 18.6. The average molecular weight is 561 g/mol. The molecular formula is C35H68N4O. The highest BCUT2D eigenvalue weighted by molar-refractivity contribution is 5.12. The predicted molar refractivity (Wildman–Crippen MR) is 170 cm³/mol. The van der Waals surface area contributed by atoms with Crippen LogP contribution in [-0.4, -0.2) is 56.5 Å². The van der Waals surface area contributed by atoms with Crippen molar-refractivity contribution in [3.63, 3.8) is 0 Å². The Labute approximate surface area is 248 Å². The third-order valence-corrected chi connectivity index (χ3v) is 12.9. The van der Waals surface area contributed by atoms with Crippen molar-refractivity contribution < 1.29 is 5.11 Å². The Kier molecular flexibility index (Phi) is 12.3. The largest absolute Gasteiger partial charge is 0.393 e. The third-order valence-electron chi connectivity index (χ3n) is 12.9. The number of hydrogen-bond donors (Lipinski definition) is 5. The molecular weight excluding hydrogens is 492 g/mol. The summed E-state index contributed by atoms with van der Waals surface area (Å²) in [6.07, 6.45) is 16.9. The van der Waals surface area contributed by atoms with Crippen LogP contribution in [0.4, 0.5) is 0 Å². The zero-order chi connectivity index (χ0) is 28.8. The molecule has 234 valence electrons. The van der Waals surface area contributed by atoms with E-state index in [0.29, 0.717) is 28.7 Å². The molecule has 3 unspecified atom stereocenters. The molecule has 10 atom stereocenters. The van der Waals surface area contributed by atoms with E-state index in [4.69, 9.17) is 5.73 Å². The maximum absolute atomic E-state index is 11.8. The number of fused-ring (bicyclic) bond motifs is 5. The normalized spacial score (nSPS) is 40.0. The van der Waals surface area contributed by atoms with E-state index in [1.165, 1.54) is 70.6 Å². The fourth-order valence-corrected chi connectivity index (χ4v) is 10.6. The van der Waals surface area contributed by atoms with Gasteiger partial charge in [-0.15, -0.1) is 0 Å². The first-order chi connectivity index (χ1) is 19.2. The monoisotopic (exact) mass is 561 g/mol. The Hall–Kier alpha value is -0.200. The minimum absolute atomic E-state index is 0.0795. The highest BCUT2D eigenvalue weighted by Gasteiger charge is 2.62. The molecule has 0 radical (unpaired) electrons. The van der Waals surface area contributed by atoms with E-state index in [1.54, 1.807) is 0 Å².